The van der Waals surface area contributed by atoms with Gasteiger partial charge in [0.05, 0.1) is 16.0 Å². The molecule has 1 atom stereocenters. The fraction of sp³-hybridized carbons (Fsp3) is 0.250. The van der Waals surface area contributed by atoms with Crippen LogP contribution in [0.5, 0.6) is 0 Å². The number of amidine groups is 1. The Morgan fingerprint density at radius 2 is 2.20 bits per heavy atom. The predicted octanol–water partition coefficient (Wildman–Crippen LogP) is 3.10. The zero-order chi connectivity index (χ0) is 18.0. The number of hydrogen-bond acceptors (Lipinski definition) is 6. The summed E-state index contributed by atoms with van der Waals surface area (Å²) in [5.74, 6) is 0.503. The van der Waals surface area contributed by atoms with E-state index in [2.05, 4.69) is 15.5 Å². The number of anilines is 2. The number of benzene rings is 1. The van der Waals surface area contributed by atoms with Crippen LogP contribution in [0, 0.1) is 6.92 Å². The van der Waals surface area contributed by atoms with E-state index in [4.69, 9.17) is 16.1 Å². The number of aromatic nitrogens is 1. The molecule has 0 unspecified atom stereocenters. The van der Waals surface area contributed by atoms with E-state index in [1.54, 1.807) is 44.2 Å². The molecule has 0 fully saturated rings. The number of halogens is 1. The van der Waals surface area contributed by atoms with Gasteiger partial charge in [-0.2, -0.15) is 0 Å². The van der Waals surface area contributed by atoms with E-state index in [-0.39, 0.29) is 18.4 Å². The molecule has 1 N–H and O–H groups in total. The molecule has 1 aromatic carbocycles. The van der Waals surface area contributed by atoms with Gasteiger partial charge in [-0.05, 0) is 26.0 Å². The molecule has 0 bridgehead atoms. The molecule has 9 heteroatoms. The molecule has 2 aromatic rings. The zero-order valence-electron chi connectivity index (χ0n) is 13.5. The maximum atomic E-state index is 12.3. The minimum Gasteiger partial charge on any atom is -0.360 e. The molecule has 1 aromatic heterocycles. The van der Waals surface area contributed by atoms with Crippen LogP contribution in [0.3, 0.4) is 0 Å². The molecular weight excluding hydrogens is 364 g/mol. The van der Waals surface area contributed by atoms with Crippen molar-refractivity contribution in [3.63, 3.8) is 0 Å². The Hall–Kier alpha value is -2.32. The number of aryl methyl sites for hydroxylation is 1. The molecule has 3 rings (SSSR count). The van der Waals surface area contributed by atoms with E-state index in [0.717, 1.165) is 0 Å². The van der Waals surface area contributed by atoms with E-state index in [1.807, 2.05) is 0 Å². The minimum absolute atomic E-state index is 0.0321. The maximum Gasteiger partial charge on any atom is 0.254 e. The Balaban J connectivity index is 1.71. The summed E-state index contributed by atoms with van der Waals surface area (Å²) in [5, 5.41) is 6.79. The number of aliphatic imine (C=N–C) groups is 1. The first-order valence-corrected chi connectivity index (χ1v) is 8.74. The first-order chi connectivity index (χ1) is 12.0. The van der Waals surface area contributed by atoms with Gasteiger partial charge in [0.15, 0.2) is 11.0 Å². The van der Waals surface area contributed by atoms with Gasteiger partial charge in [0, 0.05) is 6.07 Å². The van der Waals surface area contributed by atoms with Crippen molar-refractivity contribution >= 4 is 51.9 Å². The lowest BCUT2D eigenvalue weighted by atomic mass is 10.3. The van der Waals surface area contributed by atoms with Crippen molar-refractivity contribution in [2.45, 2.75) is 19.1 Å². The lowest BCUT2D eigenvalue weighted by Crippen LogP contribution is -2.33. The quantitative estimate of drug-likeness (QED) is 0.883. The summed E-state index contributed by atoms with van der Waals surface area (Å²) in [4.78, 5) is 30.2. The van der Waals surface area contributed by atoms with Crippen molar-refractivity contribution in [3.8, 4) is 0 Å². The van der Waals surface area contributed by atoms with Crippen LogP contribution in [-0.4, -0.2) is 33.9 Å². The lowest BCUT2D eigenvalue weighted by molar-refractivity contribution is -0.116. The van der Waals surface area contributed by atoms with Gasteiger partial charge in [-0.3, -0.25) is 19.5 Å². The summed E-state index contributed by atoms with van der Waals surface area (Å²) >= 11 is 7.37. The molecule has 0 radical (unpaired) electrons. The average Bonchev–Trinajstić information content (AvgIpc) is 3.14. The molecule has 2 amide bonds. The molecule has 0 saturated heterocycles. The van der Waals surface area contributed by atoms with Gasteiger partial charge in [-0.1, -0.05) is 40.7 Å². The number of para-hydroxylation sites is 1. The molecule has 1 aliphatic heterocycles. The Morgan fingerprint density at radius 1 is 1.44 bits per heavy atom. The van der Waals surface area contributed by atoms with Crippen molar-refractivity contribution in [2.24, 2.45) is 4.99 Å². The van der Waals surface area contributed by atoms with Crippen LogP contribution in [0.4, 0.5) is 11.5 Å². The van der Waals surface area contributed by atoms with E-state index >= 15 is 0 Å². The van der Waals surface area contributed by atoms with Gasteiger partial charge in [-0.15, -0.1) is 0 Å². The molecule has 1 aliphatic rings. The van der Waals surface area contributed by atoms with E-state index in [0.29, 0.717) is 27.5 Å². The summed E-state index contributed by atoms with van der Waals surface area (Å²) in [6, 6.07) is 8.64. The molecule has 7 nitrogen and oxygen atoms in total. The van der Waals surface area contributed by atoms with Gasteiger partial charge in [0.2, 0.25) is 5.91 Å². The summed E-state index contributed by atoms with van der Waals surface area (Å²) in [5.41, 5.74) is 0.553. The van der Waals surface area contributed by atoms with Crippen LogP contribution in [0.15, 0.2) is 39.8 Å². The molecule has 130 valence electrons. The summed E-state index contributed by atoms with van der Waals surface area (Å²) in [7, 11) is 0. The fourth-order valence-electron chi connectivity index (χ4n) is 2.21. The van der Waals surface area contributed by atoms with Crippen molar-refractivity contribution in [1.82, 2.24) is 5.16 Å². The highest BCUT2D eigenvalue weighted by molar-refractivity contribution is 8.15. The normalized spacial score (nSPS) is 15.2. The van der Waals surface area contributed by atoms with E-state index in [9.17, 15) is 9.59 Å². The molecule has 2 heterocycles. The third-order valence-corrected chi connectivity index (χ3v) is 4.82. The zero-order valence-corrected chi connectivity index (χ0v) is 15.1. The number of carbonyl (C=O) groups excluding carboxylic acids is 2. The second-order valence-electron chi connectivity index (χ2n) is 5.35. The van der Waals surface area contributed by atoms with Crippen molar-refractivity contribution in [1.29, 1.82) is 0 Å². The van der Waals surface area contributed by atoms with Crippen molar-refractivity contribution < 1.29 is 14.1 Å². The SMILES string of the molecule is Cc1cc(NC(=O)[C@H](C)SC2=NCC(=O)N2c2ccccc2Cl)no1. The third kappa shape index (κ3) is 3.85. The molecule has 0 aliphatic carbocycles. The van der Waals surface area contributed by atoms with Crippen LogP contribution in [0.1, 0.15) is 12.7 Å². The number of carbonyl (C=O) groups is 2. The minimum atomic E-state index is -0.494. The molecule has 0 spiro atoms. The Morgan fingerprint density at radius 3 is 2.88 bits per heavy atom. The molecular formula is C16H15ClN4O3S. The smallest absolute Gasteiger partial charge is 0.254 e. The summed E-state index contributed by atoms with van der Waals surface area (Å²) < 4.78 is 4.92. The molecule has 0 saturated carbocycles. The van der Waals surface area contributed by atoms with Crippen LogP contribution in [0.25, 0.3) is 0 Å². The number of nitrogens with zero attached hydrogens (tertiary/aromatic N) is 3. The number of nitrogens with one attached hydrogen (secondary N) is 1. The van der Waals surface area contributed by atoms with Crippen molar-refractivity contribution in [2.75, 3.05) is 16.8 Å². The number of hydrogen-bond donors (Lipinski definition) is 1. The Bertz CT molecular complexity index is 851. The van der Waals surface area contributed by atoms with Crippen LogP contribution in [-0.2, 0) is 9.59 Å². The largest absolute Gasteiger partial charge is 0.360 e. The summed E-state index contributed by atoms with van der Waals surface area (Å²) in [6.07, 6.45) is 0. The average molecular weight is 379 g/mol. The fourth-order valence-corrected chi connectivity index (χ4v) is 3.36. The third-order valence-electron chi connectivity index (χ3n) is 3.41. The van der Waals surface area contributed by atoms with Crippen molar-refractivity contribution in [3.05, 3.63) is 41.1 Å². The number of rotatable bonds is 4. The standard InChI is InChI=1S/C16H15ClN4O3S/c1-9-7-13(20-24-9)19-15(23)10(2)25-16-18-8-14(22)21(16)12-6-4-3-5-11(12)17/h3-7,10H,8H2,1-2H3,(H,19,20,23)/t10-/m0/s1. The number of thioether (sulfide) groups is 1. The van der Waals surface area contributed by atoms with Gasteiger partial charge in [0.25, 0.3) is 5.91 Å². The topological polar surface area (TPSA) is 87.8 Å². The maximum absolute atomic E-state index is 12.3. The molecule has 25 heavy (non-hydrogen) atoms. The van der Waals surface area contributed by atoms with E-state index in [1.165, 1.54) is 16.7 Å². The second kappa shape index (κ2) is 7.28. The summed E-state index contributed by atoms with van der Waals surface area (Å²) in [6.45, 7) is 3.49. The van der Waals surface area contributed by atoms with Gasteiger partial charge < -0.3 is 9.84 Å². The second-order valence-corrected chi connectivity index (χ2v) is 7.07. The highest BCUT2D eigenvalue weighted by atomic mass is 35.5. The van der Waals surface area contributed by atoms with Crippen LogP contribution < -0.4 is 10.2 Å². The van der Waals surface area contributed by atoms with E-state index < -0.39 is 5.25 Å². The first kappa shape index (κ1) is 17.5. The van der Waals surface area contributed by atoms with Gasteiger partial charge >= 0.3 is 0 Å². The number of amides is 2. The van der Waals surface area contributed by atoms with Crippen LogP contribution >= 0.6 is 23.4 Å². The van der Waals surface area contributed by atoms with Crippen LogP contribution in [0.2, 0.25) is 5.02 Å². The van der Waals surface area contributed by atoms with Gasteiger partial charge in [0.1, 0.15) is 12.3 Å². The lowest BCUT2D eigenvalue weighted by Gasteiger charge is -2.20. The predicted molar refractivity (Wildman–Crippen MR) is 98.2 cm³/mol. The monoisotopic (exact) mass is 378 g/mol. The highest BCUT2D eigenvalue weighted by Crippen LogP contribution is 2.31. The Kier molecular flexibility index (Phi) is 5.10. The van der Waals surface area contributed by atoms with Gasteiger partial charge in [-0.25, -0.2) is 0 Å². The Labute approximate surface area is 153 Å². The highest BCUT2D eigenvalue weighted by Gasteiger charge is 2.31. The first-order valence-electron chi connectivity index (χ1n) is 7.48.